The summed E-state index contributed by atoms with van der Waals surface area (Å²) < 4.78 is 10.8. The predicted molar refractivity (Wildman–Crippen MR) is 122 cm³/mol. The van der Waals surface area contributed by atoms with Gasteiger partial charge in [0.15, 0.2) is 11.5 Å². The number of carbonyl (C=O) groups is 2. The van der Waals surface area contributed by atoms with Crippen LogP contribution < -0.4 is 14.8 Å². The molecular formula is C24H30N4O4. The number of nitrogens with zero attached hydrogens (tertiary/aromatic N) is 3. The van der Waals surface area contributed by atoms with Crippen molar-refractivity contribution in [2.75, 3.05) is 51.9 Å². The fourth-order valence-corrected chi connectivity index (χ4v) is 3.94. The second kappa shape index (κ2) is 10.0. The van der Waals surface area contributed by atoms with E-state index in [1.807, 2.05) is 36.4 Å². The molecular weight excluding hydrogens is 408 g/mol. The van der Waals surface area contributed by atoms with Crippen LogP contribution in [0.15, 0.2) is 42.5 Å². The normalized spacial score (nSPS) is 16.1. The molecule has 32 heavy (non-hydrogen) atoms. The van der Waals surface area contributed by atoms with Gasteiger partial charge in [-0.3, -0.25) is 19.4 Å². The smallest absolute Gasteiger partial charge is 0.238 e. The summed E-state index contributed by atoms with van der Waals surface area (Å²) in [6, 6.07) is 13.7. The minimum atomic E-state index is -0.0350. The zero-order chi connectivity index (χ0) is 22.5. The molecule has 0 atom stereocenters. The number of anilines is 1. The third kappa shape index (κ3) is 5.57. The van der Waals surface area contributed by atoms with Crippen molar-refractivity contribution >= 4 is 17.5 Å². The average Bonchev–Trinajstić information content (AvgIpc) is 3.24. The molecule has 2 aromatic rings. The Hall–Kier alpha value is -3.10. The highest BCUT2D eigenvalue weighted by Crippen LogP contribution is 2.32. The first-order chi connectivity index (χ1) is 15.5. The zero-order valence-corrected chi connectivity index (χ0v) is 18.7. The SMILES string of the molecule is CC(=O)N(C)Cc1ccccc1NC(=O)CN1CCN(Cc2ccc3c(c2)OCO3)CC1. The van der Waals surface area contributed by atoms with Gasteiger partial charge in [-0.25, -0.2) is 0 Å². The number of para-hydroxylation sites is 1. The third-order valence-electron chi connectivity index (χ3n) is 5.91. The minimum Gasteiger partial charge on any atom is -0.454 e. The van der Waals surface area contributed by atoms with Crippen LogP contribution in [0.3, 0.4) is 0 Å². The van der Waals surface area contributed by atoms with Crippen molar-refractivity contribution in [2.24, 2.45) is 0 Å². The van der Waals surface area contributed by atoms with E-state index in [0.717, 1.165) is 55.5 Å². The minimum absolute atomic E-state index is 0.00949. The molecule has 1 N–H and O–H groups in total. The van der Waals surface area contributed by atoms with Gasteiger partial charge in [-0.15, -0.1) is 0 Å². The molecule has 2 aliphatic rings. The van der Waals surface area contributed by atoms with Crippen LogP contribution >= 0.6 is 0 Å². The van der Waals surface area contributed by atoms with Crippen LogP contribution in [0, 0.1) is 0 Å². The van der Waals surface area contributed by atoms with E-state index in [1.165, 1.54) is 12.5 Å². The molecule has 0 saturated carbocycles. The lowest BCUT2D eigenvalue weighted by atomic mass is 10.1. The van der Waals surface area contributed by atoms with Crippen LogP contribution in [-0.2, 0) is 22.7 Å². The molecule has 2 amide bonds. The van der Waals surface area contributed by atoms with E-state index < -0.39 is 0 Å². The van der Waals surface area contributed by atoms with Gasteiger partial charge < -0.3 is 19.7 Å². The van der Waals surface area contributed by atoms with Crippen molar-refractivity contribution in [1.82, 2.24) is 14.7 Å². The molecule has 0 aliphatic carbocycles. The molecule has 0 bridgehead atoms. The van der Waals surface area contributed by atoms with Crippen molar-refractivity contribution < 1.29 is 19.1 Å². The maximum absolute atomic E-state index is 12.7. The highest BCUT2D eigenvalue weighted by atomic mass is 16.7. The summed E-state index contributed by atoms with van der Waals surface area (Å²) in [5.41, 5.74) is 2.88. The first-order valence-corrected chi connectivity index (χ1v) is 10.9. The van der Waals surface area contributed by atoms with E-state index in [1.54, 1.807) is 11.9 Å². The van der Waals surface area contributed by atoms with E-state index >= 15 is 0 Å². The first-order valence-electron chi connectivity index (χ1n) is 10.9. The summed E-state index contributed by atoms with van der Waals surface area (Å²) in [5.74, 6) is 1.57. The maximum atomic E-state index is 12.7. The number of rotatable bonds is 7. The lowest BCUT2D eigenvalue weighted by molar-refractivity contribution is -0.128. The van der Waals surface area contributed by atoms with E-state index in [-0.39, 0.29) is 18.6 Å². The number of nitrogens with one attached hydrogen (secondary N) is 1. The van der Waals surface area contributed by atoms with Gasteiger partial charge >= 0.3 is 0 Å². The number of fused-ring (bicyclic) bond motifs is 1. The molecule has 2 aliphatic heterocycles. The molecule has 0 spiro atoms. The van der Waals surface area contributed by atoms with Gasteiger partial charge in [-0.2, -0.15) is 0 Å². The van der Waals surface area contributed by atoms with Gasteiger partial charge in [-0.1, -0.05) is 24.3 Å². The first kappa shape index (κ1) is 22.1. The summed E-state index contributed by atoms with van der Waals surface area (Å²) in [6.45, 7) is 6.99. The van der Waals surface area contributed by atoms with E-state index in [9.17, 15) is 9.59 Å². The zero-order valence-electron chi connectivity index (χ0n) is 18.7. The Bertz CT molecular complexity index is 972. The Balaban J connectivity index is 1.25. The number of piperazine rings is 1. The summed E-state index contributed by atoms with van der Waals surface area (Å²) >= 11 is 0. The van der Waals surface area contributed by atoms with Gasteiger partial charge in [0.05, 0.1) is 6.54 Å². The van der Waals surface area contributed by atoms with Crippen molar-refractivity contribution in [3.8, 4) is 11.5 Å². The number of carbonyl (C=O) groups excluding carboxylic acids is 2. The lowest BCUT2D eigenvalue weighted by Gasteiger charge is -2.34. The quantitative estimate of drug-likeness (QED) is 0.714. The largest absolute Gasteiger partial charge is 0.454 e. The summed E-state index contributed by atoms with van der Waals surface area (Å²) in [7, 11) is 1.75. The molecule has 0 unspecified atom stereocenters. The summed E-state index contributed by atoms with van der Waals surface area (Å²) in [6.07, 6.45) is 0. The van der Waals surface area contributed by atoms with Crippen molar-refractivity contribution in [2.45, 2.75) is 20.0 Å². The van der Waals surface area contributed by atoms with Crippen molar-refractivity contribution in [3.05, 3.63) is 53.6 Å². The van der Waals surface area contributed by atoms with Crippen LogP contribution in [0.2, 0.25) is 0 Å². The third-order valence-corrected chi connectivity index (χ3v) is 5.91. The fraction of sp³-hybridized carbons (Fsp3) is 0.417. The molecule has 2 heterocycles. The van der Waals surface area contributed by atoms with Gasteiger partial charge in [-0.05, 0) is 29.3 Å². The van der Waals surface area contributed by atoms with Crippen molar-refractivity contribution in [1.29, 1.82) is 0 Å². The molecule has 1 fully saturated rings. The molecule has 8 heteroatoms. The number of ether oxygens (including phenoxy) is 2. The monoisotopic (exact) mass is 438 g/mol. The highest BCUT2D eigenvalue weighted by Gasteiger charge is 2.21. The van der Waals surface area contributed by atoms with Gasteiger partial charge in [0.25, 0.3) is 0 Å². The predicted octanol–water partition coefficient (Wildman–Crippen LogP) is 2.15. The molecule has 170 valence electrons. The topological polar surface area (TPSA) is 74.4 Å². The Labute approximate surface area is 188 Å². The fourth-order valence-electron chi connectivity index (χ4n) is 3.94. The number of hydrogen-bond donors (Lipinski definition) is 1. The Kier molecular flexibility index (Phi) is 6.92. The van der Waals surface area contributed by atoms with Crippen LogP contribution in [0.4, 0.5) is 5.69 Å². The molecule has 4 rings (SSSR count). The molecule has 2 aromatic carbocycles. The summed E-state index contributed by atoms with van der Waals surface area (Å²) in [5, 5.41) is 3.02. The van der Waals surface area contributed by atoms with Crippen molar-refractivity contribution in [3.63, 3.8) is 0 Å². The van der Waals surface area contributed by atoms with Gasteiger partial charge in [0.1, 0.15) is 0 Å². The van der Waals surface area contributed by atoms with Crippen LogP contribution in [0.5, 0.6) is 11.5 Å². The van der Waals surface area contributed by atoms with Gasteiger partial charge in [0, 0.05) is 58.9 Å². The molecule has 1 saturated heterocycles. The number of amides is 2. The Morgan fingerprint density at radius 2 is 1.72 bits per heavy atom. The van der Waals surface area contributed by atoms with E-state index in [0.29, 0.717) is 13.1 Å². The second-order valence-corrected chi connectivity index (χ2v) is 8.32. The Morgan fingerprint density at radius 1 is 1.00 bits per heavy atom. The van der Waals surface area contributed by atoms with E-state index in [2.05, 4.69) is 21.2 Å². The number of benzene rings is 2. The average molecular weight is 439 g/mol. The standard InChI is InChI=1S/C24H30N4O4/c1-18(29)26(2)15-20-5-3-4-6-21(20)25-24(30)16-28-11-9-27(10-12-28)14-19-7-8-22-23(13-19)32-17-31-22/h3-8,13H,9-12,14-17H2,1-2H3,(H,25,30). The van der Waals surface area contributed by atoms with Gasteiger partial charge in [0.2, 0.25) is 18.6 Å². The number of hydrogen-bond acceptors (Lipinski definition) is 6. The van der Waals surface area contributed by atoms with Crippen LogP contribution in [0.1, 0.15) is 18.1 Å². The Morgan fingerprint density at radius 3 is 2.50 bits per heavy atom. The van der Waals surface area contributed by atoms with E-state index in [4.69, 9.17) is 9.47 Å². The maximum Gasteiger partial charge on any atom is 0.238 e. The second-order valence-electron chi connectivity index (χ2n) is 8.32. The molecule has 0 aromatic heterocycles. The lowest BCUT2D eigenvalue weighted by Crippen LogP contribution is -2.48. The highest BCUT2D eigenvalue weighted by molar-refractivity contribution is 5.93. The van der Waals surface area contributed by atoms with Crippen LogP contribution in [0.25, 0.3) is 0 Å². The summed E-state index contributed by atoms with van der Waals surface area (Å²) in [4.78, 5) is 30.4. The van der Waals surface area contributed by atoms with Crippen LogP contribution in [-0.4, -0.2) is 73.1 Å². The molecule has 0 radical (unpaired) electrons. The molecule has 8 nitrogen and oxygen atoms in total.